The van der Waals surface area contributed by atoms with Crippen LogP contribution in [0.1, 0.15) is 44.9 Å². The SMILES string of the molecule is CN(CCC1CCCC1(O)CN)CC1CCCCO1. The van der Waals surface area contributed by atoms with Crippen molar-refractivity contribution >= 4 is 0 Å². The molecule has 1 saturated heterocycles. The molecule has 0 aromatic rings. The van der Waals surface area contributed by atoms with Crippen LogP contribution in [0.3, 0.4) is 0 Å². The number of likely N-dealkylation sites (N-methyl/N-ethyl adjacent to an activating group) is 1. The van der Waals surface area contributed by atoms with Crippen molar-refractivity contribution in [3.63, 3.8) is 0 Å². The van der Waals surface area contributed by atoms with Crippen LogP contribution in [0.5, 0.6) is 0 Å². The minimum absolute atomic E-state index is 0.382. The summed E-state index contributed by atoms with van der Waals surface area (Å²) in [4.78, 5) is 2.35. The molecule has 4 heteroatoms. The molecule has 2 aliphatic rings. The number of aliphatic hydroxyl groups is 1. The molecule has 3 unspecified atom stereocenters. The van der Waals surface area contributed by atoms with Gasteiger partial charge >= 0.3 is 0 Å². The third-order valence-corrected chi connectivity index (χ3v) is 4.92. The fraction of sp³-hybridized carbons (Fsp3) is 1.00. The number of nitrogens with zero attached hydrogens (tertiary/aromatic N) is 1. The normalized spacial score (nSPS) is 36.0. The van der Waals surface area contributed by atoms with Gasteiger partial charge in [0.1, 0.15) is 0 Å². The van der Waals surface area contributed by atoms with Gasteiger partial charge in [0.2, 0.25) is 0 Å². The molecule has 0 aromatic carbocycles. The first kappa shape index (κ1) is 15.2. The molecular weight excluding hydrogens is 240 g/mol. The second-order valence-electron chi connectivity index (χ2n) is 6.44. The van der Waals surface area contributed by atoms with Crippen LogP contribution < -0.4 is 5.73 Å². The third-order valence-electron chi connectivity index (χ3n) is 4.92. The Morgan fingerprint density at radius 2 is 2.16 bits per heavy atom. The van der Waals surface area contributed by atoms with Crippen LogP contribution in [0, 0.1) is 5.92 Å². The van der Waals surface area contributed by atoms with Gasteiger partial charge in [-0.3, -0.25) is 0 Å². The van der Waals surface area contributed by atoms with Crippen molar-refractivity contribution in [1.82, 2.24) is 4.90 Å². The molecule has 19 heavy (non-hydrogen) atoms. The van der Waals surface area contributed by atoms with Crippen LogP contribution in [0.4, 0.5) is 0 Å². The van der Waals surface area contributed by atoms with E-state index in [1.165, 1.54) is 19.3 Å². The van der Waals surface area contributed by atoms with Gasteiger partial charge in [-0.05, 0) is 58.0 Å². The Bertz CT molecular complexity index is 269. The molecular formula is C15H30N2O2. The first-order chi connectivity index (χ1) is 9.14. The standard InChI is InChI=1S/C15H30N2O2/c1-17(11-14-6-2-3-10-19-14)9-7-13-5-4-8-15(13,18)12-16/h13-14,18H,2-12,16H2,1H3. The second-order valence-corrected chi connectivity index (χ2v) is 6.44. The molecule has 0 bridgehead atoms. The van der Waals surface area contributed by atoms with Crippen LogP contribution in [-0.4, -0.2) is 55.0 Å². The lowest BCUT2D eigenvalue weighted by Crippen LogP contribution is -2.42. The van der Waals surface area contributed by atoms with E-state index in [9.17, 15) is 5.11 Å². The van der Waals surface area contributed by atoms with Gasteiger partial charge in [-0.1, -0.05) is 6.42 Å². The maximum Gasteiger partial charge on any atom is 0.0797 e. The van der Waals surface area contributed by atoms with Gasteiger partial charge in [0.25, 0.3) is 0 Å². The molecule has 1 heterocycles. The highest BCUT2D eigenvalue weighted by atomic mass is 16.5. The van der Waals surface area contributed by atoms with Crippen LogP contribution in [0.25, 0.3) is 0 Å². The summed E-state index contributed by atoms with van der Waals surface area (Å²) >= 11 is 0. The molecule has 3 atom stereocenters. The highest BCUT2D eigenvalue weighted by Gasteiger charge is 2.39. The summed E-state index contributed by atoms with van der Waals surface area (Å²) in [5, 5.41) is 10.4. The molecule has 0 spiro atoms. The summed E-state index contributed by atoms with van der Waals surface area (Å²) in [6.07, 6.45) is 8.30. The van der Waals surface area contributed by atoms with E-state index in [1.54, 1.807) is 0 Å². The minimum atomic E-state index is -0.595. The maximum absolute atomic E-state index is 10.4. The maximum atomic E-state index is 10.4. The van der Waals surface area contributed by atoms with Gasteiger partial charge in [0.15, 0.2) is 0 Å². The van der Waals surface area contributed by atoms with Crippen molar-refractivity contribution in [2.24, 2.45) is 11.7 Å². The Hall–Kier alpha value is -0.160. The van der Waals surface area contributed by atoms with Crippen LogP contribution in [0.2, 0.25) is 0 Å². The number of nitrogens with two attached hydrogens (primary N) is 1. The lowest BCUT2D eigenvalue weighted by Gasteiger charge is -2.31. The van der Waals surface area contributed by atoms with Crippen molar-refractivity contribution < 1.29 is 9.84 Å². The zero-order chi connectivity index (χ0) is 13.7. The number of hydrogen-bond donors (Lipinski definition) is 2. The summed E-state index contributed by atoms with van der Waals surface area (Å²) < 4.78 is 5.77. The lowest BCUT2D eigenvalue weighted by molar-refractivity contribution is -0.0105. The lowest BCUT2D eigenvalue weighted by atomic mass is 9.88. The van der Waals surface area contributed by atoms with Gasteiger partial charge in [0.05, 0.1) is 11.7 Å². The average Bonchev–Trinajstić information content (AvgIpc) is 2.80. The zero-order valence-corrected chi connectivity index (χ0v) is 12.3. The van der Waals surface area contributed by atoms with Crippen molar-refractivity contribution in [1.29, 1.82) is 0 Å². The Labute approximate surface area is 117 Å². The summed E-state index contributed by atoms with van der Waals surface area (Å²) in [6, 6.07) is 0. The first-order valence-electron chi connectivity index (χ1n) is 7.86. The highest BCUT2D eigenvalue weighted by Crippen LogP contribution is 2.37. The van der Waals surface area contributed by atoms with Crippen molar-refractivity contribution in [2.75, 3.05) is 33.3 Å². The quantitative estimate of drug-likeness (QED) is 0.765. The summed E-state index contributed by atoms with van der Waals surface area (Å²) in [5.74, 6) is 0.382. The molecule has 0 radical (unpaired) electrons. The Balaban J connectivity index is 1.69. The van der Waals surface area contributed by atoms with Gasteiger partial charge in [0, 0.05) is 19.7 Å². The summed E-state index contributed by atoms with van der Waals surface area (Å²) in [6.45, 7) is 3.39. The van der Waals surface area contributed by atoms with Gasteiger partial charge in [-0.2, -0.15) is 0 Å². The van der Waals surface area contributed by atoms with E-state index in [4.69, 9.17) is 10.5 Å². The van der Waals surface area contributed by atoms with Crippen molar-refractivity contribution in [3.8, 4) is 0 Å². The van der Waals surface area contributed by atoms with Gasteiger partial charge < -0.3 is 20.5 Å². The molecule has 3 N–H and O–H groups in total. The van der Waals surface area contributed by atoms with E-state index in [2.05, 4.69) is 11.9 Å². The molecule has 112 valence electrons. The van der Waals surface area contributed by atoms with Crippen LogP contribution in [0.15, 0.2) is 0 Å². The van der Waals surface area contributed by atoms with Gasteiger partial charge in [-0.25, -0.2) is 0 Å². The Kier molecular flexibility index (Phi) is 5.63. The smallest absolute Gasteiger partial charge is 0.0797 e. The zero-order valence-electron chi connectivity index (χ0n) is 12.3. The highest BCUT2D eigenvalue weighted by molar-refractivity contribution is 4.93. The minimum Gasteiger partial charge on any atom is -0.388 e. The van der Waals surface area contributed by atoms with Gasteiger partial charge in [-0.15, -0.1) is 0 Å². The fourth-order valence-corrected chi connectivity index (χ4v) is 3.58. The molecule has 1 aliphatic heterocycles. The number of rotatable bonds is 6. The van der Waals surface area contributed by atoms with E-state index in [0.29, 0.717) is 18.6 Å². The first-order valence-corrected chi connectivity index (χ1v) is 7.86. The van der Waals surface area contributed by atoms with E-state index >= 15 is 0 Å². The molecule has 0 aromatic heterocycles. The molecule has 4 nitrogen and oxygen atoms in total. The predicted molar refractivity (Wildman–Crippen MR) is 77.1 cm³/mol. The van der Waals surface area contributed by atoms with Crippen molar-refractivity contribution in [2.45, 2.75) is 56.7 Å². The van der Waals surface area contributed by atoms with E-state index in [-0.39, 0.29) is 0 Å². The monoisotopic (exact) mass is 270 g/mol. The van der Waals surface area contributed by atoms with E-state index in [1.807, 2.05) is 0 Å². The Morgan fingerprint density at radius 3 is 2.84 bits per heavy atom. The van der Waals surface area contributed by atoms with Crippen molar-refractivity contribution in [3.05, 3.63) is 0 Å². The van der Waals surface area contributed by atoms with E-state index < -0.39 is 5.60 Å². The third kappa shape index (κ3) is 4.15. The van der Waals surface area contributed by atoms with Crippen LogP contribution >= 0.6 is 0 Å². The predicted octanol–water partition coefficient (Wildman–Crippen LogP) is 1.37. The van der Waals surface area contributed by atoms with Crippen LogP contribution in [-0.2, 0) is 4.74 Å². The van der Waals surface area contributed by atoms with E-state index in [0.717, 1.165) is 45.4 Å². The average molecular weight is 270 g/mol. The topological polar surface area (TPSA) is 58.7 Å². The molecule has 1 aliphatic carbocycles. The summed E-state index contributed by atoms with van der Waals surface area (Å²) in [5.41, 5.74) is 5.14. The number of hydrogen-bond acceptors (Lipinski definition) is 4. The fourth-order valence-electron chi connectivity index (χ4n) is 3.58. The summed E-state index contributed by atoms with van der Waals surface area (Å²) in [7, 11) is 2.16. The molecule has 2 rings (SSSR count). The molecule has 0 amide bonds. The molecule has 1 saturated carbocycles. The second kappa shape index (κ2) is 7.02. The number of ether oxygens (including phenoxy) is 1. The Morgan fingerprint density at radius 1 is 1.32 bits per heavy atom. The largest absolute Gasteiger partial charge is 0.388 e. The molecule has 2 fully saturated rings.